The molecule has 0 fully saturated rings. The number of amides is 1. The number of rotatable bonds is 5. The molecule has 0 aliphatic carbocycles. The van der Waals surface area contributed by atoms with E-state index in [1.165, 1.54) is 12.1 Å². The molecule has 0 aromatic heterocycles. The van der Waals surface area contributed by atoms with E-state index in [4.69, 9.17) is 5.14 Å². The monoisotopic (exact) mass is 292 g/mol. The third-order valence-corrected chi connectivity index (χ3v) is 3.22. The summed E-state index contributed by atoms with van der Waals surface area (Å²) < 4.78 is 34.6. The molecule has 18 heavy (non-hydrogen) atoms. The van der Waals surface area contributed by atoms with Gasteiger partial charge in [-0.05, 0) is 24.6 Å². The van der Waals surface area contributed by atoms with Gasteiger partial charge in [-0.3, -0.25) is 4.79 Å². The molecular formula is C10H13FN2O3S2. The molecule has 1 amide bonds. The van der Waals surface area contributed by atoms with Crippen LogP contribution >= 0.6 is 12.6 Å². The van der Waals surface area contributed by atoms with E-state index in [-0.39, 0.29) is 24.3 Å². The molecule has 100 valence electrons. The lowest BCUT2D eigenvalue weighted by Gasteiger charge is -2.06. The maximum absolute atomic E-state index is 13.3. The Hall–Kier alpha value is -1.12. The lowest BCUT2D eigenvalue weighted by molar-refractivity contribution is 0.0949. The quantitative estimate of drug-likeness (QED) is 0.546. The van der Waals surface area contributed by atoms with Crippen LogP contribution in [0.1, 0.15) is 16.8 Å². The van der Waals surface area contributed by atoms with Crippen LogP contribution < -0.4 is 10.5 Å². The van der Waals surface area contributed by atoms with E-state index in [1.54, 1.807) is 0 Å². The Morgan fingerprint density at radius 2 is 2.11 bits per heavy atom. The average molecular weight is 292 g/mol. The molecule has 0 aliphatic rings. The Morgan fingerprint density at radius 1 is 1.44 bits per heavy atom. The summed E-state index contributed by atoms with van der Waals surface area (Å²) in [5.74, 6) is -1.50. The maximum atomic E-state index is 13.3. The Labute approximate surface area is 110 Å². The van der Waals surface area contributed by atoms with E-state index in [9.17, 15) is 17.6 Å². The second-order valence-corrected chi connectivity index (χ2v) is 5.89. The van der Waals surface area contributed by atoms with Gasteiger partial charge in [0.2, 0.25) is 10.0 Å². The summed E-state index contributed by atoms with van der Waals surface area (Å²) in [4.78, 5) is 12.0. The molecule has 0 radical (unpaired) electrons. The first kappa shape index (κ1) is 14.9. The fraction of sp³-hybridized carbons (Fsp3) is 0.300. The maximum Gasteiger partial charge on any atom is 0.254 e. The van der Waals surface area contributed by atoms with Crippen molar-refractivity contribution in [1.82, 2.24) is 5.32 Å². The van der Waals surface area contributed by atoms with Gasteiger partial charge in [0, 0.05) is 11.4 Å². The Balaban J connectivity index is 2.53. The number of thiol groups is 1. The van der Waals surface area contributed by atoms with Crippen molar-refractivity contribution in [3.05, 3.63) is 29.6 Å². The molecule has 0 saturated heterocycles. The van der Waals surface area contributed by atoms with E-state index in [0.29, 0.717) is 4.90 Å². The minimum atomic E-state index is -3.54. The molecule has 5 nitrogen and oxygen atoms in total. The molecule has 0 heterocycles. The topological polar surface area (TPSA) is 89.3 Å². The van der Waals surface area contributed by atoms with Crippen molar-refractivity contribution in [2.45, 2.75) is 11.3 Å². The van der Waals surface area contributed by atoms with Gasteiger partial charge in [-0.15, -0.1) is 12.6 Å². The molecule has 0 unspecified atom stereocenters. The molecule has 0 atom stereocenters. The molecule has 3 N–H and O–H groups in total. The van der Waals surface area contributed by atoms with Crippen molar-refractivity contribution in [3.8, 4) is 0 Å². The van der Waals surface area contributed by atoms with Crippen molar-refractivity contribution < 1.29 is 17.6 Å². The number of nitrogens with one attached hydrogen (secondary N) is 1. The van der Waals surface area contributed by atoms with Crippen LogP contribution in [-0.4, -0.2) is 26.6 Å². The molecule has 1 aromatic carbocycles. The van der Waals surface area contributed by atoms with Crippen LogP contribution in [0.25, 0.3) is 0 Å². The van der Waals surface area contributed by atoms with Crippen molar-refractivity contribution in [1.29, 1.82) is 0 Å². The number of carbonyl (C=O) groups is 1. The van der Waals surface area contributed by atoms with Gasteiger partial charge in [0.05, 0.1) is 11.3 Å². The number of hydrogen-bond acceptors (Lipinski definition) is 4. The predicted octanol–water partition coefficient (Wildman–Crippen LogP) is 0.523. The third kappa shape index (κ3) is 5.03. The SMILES string of the molecule is NS(=O)(=O)CCCNC(=O)c1cc(S)ccc1F. The minimum absolute atomic E-state index is 0.103. The zero-order chi connectivity index (χ0) is 13.8. The van der Waals surface area contributed by atoms with Crippen LogP contribution in [0.3, 0.4) is 0 Å². The van der Waals surface area contributed by atoms with E-state index in [0.717, 1.165) is 6.07 Å². The first-order chi connectivity index (χ1) is 8.29. The van der Waals surface area contributed by atoms with Crippen molar-refractivity contribution >= 4 is 28.6 Å². The van der Waals surface area contributed by atoms with Gasteiger partial charge in [0.1, 0.15) is 5.82 Å². The highest BCUT2D eigenvalue weighted by atomic mass is 32.2. The van der Waals surface area contributed by atoms with Gasteiger partial charge in [0.25, 0.3) is 5.91 Å². The normalized spacial score (nSPS) is 11.3. The van der Waals surface area contributed by atoms with Crippen LogP contribution in [0.15, 0.2) is 23.1 Å². The first-order valence-corrected chi connectivity index (χ1v) is 7.23. The number of hydrogen-bond donors (Lipinski definition) is 3. The molecular weight excluding hydrogens is 279 g/mol. The number of halogens is 1. The summed E-state index contributed by atoms with van der Waals surface area (Å²) in [6.45, 7) is 0.103. The Bertz CT molecular complexity index is 546. The van der Waals surface area contributed by atoms with E-state index < -0.39 is 21.7 Å². The lowest BCUT2D eigenvalue weighted by Crippen LogP contribution is -2.28. The van der Waals surface area contributed by atoms with E-state index in [1.807, 2.05) is 0 Å². The van der Waals surface area contributed by atoms with Crippen LogP contribution in [0, 0.1) is 5.82 Å². The molecule has 0 aliphatic heterocycles. The molecule has 0 saturated carbocycles. The minimum Gasteiger partial charge on any atom is -0.352 e. The number of carbonyl (C=O) groups excluding carboxylic acids is 1. The standard InChI is InChI=1S/C10H13FN2O3S2/c11-9-3-2-7(17)6-8(9)10(14)13-4-1-5-18(12,15)16/h2-3,6,17H,1,4-5H2,(H,13,14)(H2,12,15,16). The van der Waals surface area contributed by atoms with E-state index >= 15 is 0 Å². The highest BCUT2D eigenvalue weighted by molar-refractivity contribution is 7.89. The number of benzene rings is 1. The van der Waals surface area contributed by atoms with Gasteiger partial charge in [-0.2, -0.15) is 0 Å². The van der Waals surface area contributed by atoms with Crippen LogP contribution in [0.4, 0.5) is 4.39 Å². The summed E-state index contributed by atoms with van der Waals surface area (Å²) >= 11 is 4.00. The highest BCUT2D eigenvalue weighted by Crippen LogP contribution is 2.13. The zero-order valence-corrected chi connectivity index (χ0v) is 11.1. The summed E-state index contributed by atoms with van der Waals surface area (Å²) in [5.41, 5.74) is -0.127. The van der Waals surface area contributed by atoms with Crippen LogP contribution in [0.2, 0.25) is 0 Å². The van der Waals surface area contributed by atoms with Crippen LogP contribution in [-0.2, 0) is 10.0 Å². The summed E-state index contributed by atoms with van der Waals surface area (Å²) in [5, 5.41) is 7.20. The summed E-state index contributed by atoms with van der Waals surface area (Å²) in [7, 11) is -3.54. The van der Waals surface area contributed by atoms with Crippen molar-refractivity contribution in [2.24, 2.45) is 5.14 Å². The first-order valence-electron chi connectivity index (χ1n) is 5.07. The van der Waals surface area contributed by atoms with Gasteiger partial charge in [0.15, 0.2) is 0 Å². The largest absolute Gasteiger partial charge is 0.352 e. The highest BCUT2D eigenvalue weighted by Gasteiger charge is 2.11. The van der Waals surface area contributed by atoms with E-state index in [2.05, 4.69) is 17.9 Å². The summed E-state index contributed by atoms with van der Waals surface area (Å²) in [6, 6.07) is 3.87. The molecule has 1 rings (SSSR count). The molecule has 1 aromatic rings. The fourth-order valence-electron chi connectivity index (χ4n) is 1.26. The van der Waals surface area contributed by atoms with Gasteiger partial charge < -0.3 is 5.32 Å². The molecule has 0 spiro atoms. The molecule has 0 bridgehead atoms. The average Bonchev–Trinajstić information content (AvgIpc) is 2.26. The van der Waals surface area contributed by atoms with Crippen LogP contribution in [0.5, 0.6) is 0 Å². The fourth-order valence-corrected chi connectivity index (χ4v) is 2.01. The number of primary sulfonamides is 1. The van der Waals surface area contributed by atoms with Crippen molar-refractivity contribution in [3.63, 3.8) is 0 Å². The van der Waals surface area contributed by atoms with Gasteiger partial charge in [-0.1, -0.05) is 0 Å². The number of nitrogens with two attached hydrogens (primary N) is 1. The summed E-state index contributed by atoms with van der Waals surface area (Å²) in [6.07, 6.45) is 0.173. The second-order valence-electron chi connectivity index (χ2n) is 3.64. The zero-order valence-electron chi connectivity index (χ0n) is 9.39. The lowest BCUT2D eigenvalue weighted by atomic mass is 10.2. The van der Waals surface area contributed by atoms with Gasteiger partial charge in [-0.25, -0.2) is 17.9 Å². The smallest absolute Gasteiger partial charge is 0.254 e. The Morgan fingerprint density at radius 3 is 2.72 bits per heavy atom. The molecule has 8 heteroatoms. The Kier molecular flexibility index (Phi) is 5.12. The number of sulfonamides is 1. The predicted molar refractivity (Wildman–Crippen MR) is 68.6 cm³/mol. The third-order valence-electron chi connectivity index (χ3n) is 2.09. The van der Waals surface area contributed by atoms with Crippen molar-refractivity contribution in [2.75, 3.05) is 12.3 Å². The second kappa shape index (κ2) is 6.17. The van der Waals surface area contributed by atoms with Gasteiger partial charge >= 0.3 is 0 Å².